The molecule has 0 spiro atoms. The Balaban J connectivity index is 2.53. The fraction of sp³-hybridized carbons (Fsp3) is 0.308. The predicted octanol–water partition coefficient (Wildman–Crippen LogP) is 3.54. The van der Waals surface area contributed by atoms with Gasteiger partial charge < -0.3 is 0 Å². The molecule has 0 N–H and O–H groups in total. The summed E-state index contributed by atoms with van der Waals surface area (Å²) in [5.41, 5.74) is 4.84. The molecule has 0 saturated carbocycles. The van der Waals surface area contributed by atoms with Crippen molar-refractivity contribution in [3.8, 4) is 0 Å². The van der Waals surface area contributed by atoms with Gasteiger partial charge in [-0.25, -0.2) is 0 Å². The van der Waals surface area contributed by atoms with Crippen LogP contribution in [0.3, 0.4) is 0 Å². The summed E-state index contributed by atoms with van der Waals surface area (Å²) in [6.07, 6.45) is 3.12. The van der Waals surface area contributed by atoms with Crippen LogP contribution in [0, 0.1) is 0 Å². The van der Waals surface area contributed by atoms with E-state index in [4.69, 9.17) is 0 Å². The number of fused-ring (bicyclic) bond motifs is 1. The van der Waals surface area contributed by atoms with Crippen LogP contribution in [0.1, 0.15) is 35.3 Å². The molecule has 15 heavy (non-hydrogen) atoms. The quantitative estimate of drug-likeness (QED) is 0.706. The van der Waals surface area contributed by atoms with Gasteiger partial charge in [-0.3, -0.25) is 4.79 Å². The van der Waals surface area contributed by atoms with Crippen molar-refractivity contribution >= 4 is 22.5 Å². The van der Waals surface area contributed by atoms with Crippen molar-refractivity contribution in [1.29, 1.82) is 0 Å². The monoisotopic (exact) mass is 218 g/mol. The lowest BCUT2D eigenvalue weighted by Crippen LogP contribution is -1.94. The molecule has 0 amide bonds. The fourth-order valence-corrected chi connectivity index (χ4v) is 2.87. The maximum atomic E-state index is 11.3. The minimum atomic E-state index is 0.141. The summed E-state index contributed by atoms with van der Waals surface area (Å²) in [5, 5.41) is 0. The Morgan fingerprint density at radius 3 is 2.73 bits per heavy atom. The van der Waals surface area contributed by atoms with Gasteiger partial charge in [0.2, 0.25) is 0 Å². The molecule has 2 rings (SSSR count). The van der Waals surface area contributed by atoms with Crippen LogP contribution in [0.15, 0.2) is 23.8 Å². The van der Waals surface area contributed by atoms with Gasteiger partial charge in [0.25, 0.3) is 0 Å². The average molecular weight is 218 g/mol. The first-order valence-electron chi connectivity index (χ1n) is 5.01. The second kappa shape index (κ2) is 3.86. The molecule has 0 saturated heterocycles. The number of carbonyl (C=O) groups is 1. The molecular formula is C13H14OS. The predicted molar refractivity (Wildman–Crippen MR) is 66.3 cm³/mol. The number of thioether (sulfide) groups is 1. The summed E-state index contributed by atoms with van der Waals surface area (Å²) in [6, 6.07) is 6.04. The van der Waals surface area contributed by atoms with Gasteiger partial charge >= 0.3 is 0 Å². The Kier molecular flexibility index (Phi) is 2.70. The number of rotatable bonds is 2. The van der Waals surface area contributed by atoms with Crippen LogP contribution < -0.4 is 0 Å². The number of hydrogen-bond acceptors (Lipinski definition) is 2. The molecule has 1 aromatic rings. The summed E-state index contributed by atoms with van der Waals surface area (Å²) in [7, 11) is 0. The average Bonchev–Trinajstić information content (AvgIpc) is 2.51. The van der Waals surface area contributed by atoms with Gasteiger partial charge in [-0.15, -0.1) is 11.8 Å². The van der Waals surface area contributed by atoms with Crippen LogP contribution in [-0.4, -0.2) is 12.0 Å². The highest BCUT2D eigenvalue weighted by Gasteiger charge is 2.18. The highest BCUT2D eigenvalue weighted by molar-refractivity contribution is 8.07. The SMILES string of the molecule is CSC1=C(C)Cc2ccc(C(C)=O)cc21. The van der Waals surface area contributed by atoms with Crippen LogP contribution in [-0.2, 0) is 6.42 Å². The van der Waals surface area contributed by atoms with E-state index in [0.29, 0.717) is 0 Å². The third-order valence-electron chi connectivity index (χ3n) is 2.81. The summed E-state index contributed by atoms with van der Waals surface area (Å²) < 4.78 is 0. The highest BCUT2D eigenvalue weighted by Crippen LogP contribution is 2.39. The van der Waals surface area contributed by atoms with Crippen molar-refractivity contribution in [3.63, 3.8) is 0 Å². The van der Waals surface area contributed by atoms with Crippen molar-refractivity contribution in [1.82, 2.24) is 0 Å². The van der Waals surface area contributed by atoms with E-state index in [2.05, 4.69) is 19.2 Å². The third kappa shape index (κ3) is 1.74. The molecule has 1 aliphatic carbocycles. The fourth-order valence-electron chi connectivity index (χ4n) is 2.04. The van der Waals surface area contributed by atoms with E-state index in [9.17, 15) is 4.79 Å². The number of hydrogen-bond donors (Lipinski definition) is 0. The standard InChI is InChI=1S/C13H14OS/c1-8-6-11-5-4-10(9(2)14)7-12(11)13(8)15-3/h4-5,7H,6H2,1-3H3. The number of Topliss-reactive ketones (excluding diaryl/α,β-unsaturated/α-hetero) is 1. The first kappa shape index (κ1) is 10.5. The first-order valence-corrected chi connectivity index (χ1v) is 6.24. The van der Waals surface area contributed by atoms with Crippen LogP contribution in [0.5, 0.6) is 0 Å². The Bertz CT molecular complexity index is 458. The van der Waals surface area contributed by atoms with Crippen LogP contribution >= 0.6 is 11.8 Å². The summed E-state index contributed by atoms with van der Waals surface area (Å²) >= 11 is 1.77. The lowest BCUT2D eigenvalue weighted by molar-refractivity contribution is 0.101. The smallest absolute Gasteiger partial charge is 0.159 e. The maximum absolute atomic E-state index is 11.3. The lowest BCUT2D eigenvalue weighted by Gasteiger charge is -2.04. The van der Waals surface area contributed by atoms with E-state index >= 15 is 0 Å². The van der Waals surface area contributed by atoms with E-state index in [0.717, 1.165) is 12.0 Å². The van der Waals surface area contributed by atoms with Crippen molar-refractivity contribution < 1.29 is 4.79 Å². The summed E-state index contributed by atoms with van der Waals surface area (Å²) in [5.74, 6) is 0.141. The summed E-state index contributed by atoms with van der Waals surface area (Å²) in [4.78, 5) is 12.6. The van der Waals surface area contributed by atoms with E-state index in [1.807, 2.05) is 12.1 Å². The molecule has 0 heterocycles. The zero-order valence-electron chi connectivity index (χ0n) is 9.26. The molecule has 0 unspecified atom stereocenters. The number of benzene rings is 1. The Morgan fingerprint density at radius 2 is 2.13 bits per heavy atom. The number of allylic oxidation sites excluding steroid dienone is 1. The molecule has 0 aliphatic heterocycles. The second-order valence-corrected chi connectivity index (χ2v) is 4.73. The van der Waals surface area contributed by atoms with Crippen molar-refractivity contribution in [2.45, 2.75) is 20.3 Å². The van der Waals surface area contributed by atoms with Gasteiger partial charge in [-0.1, -0.05) is 17.7 Å². The van der Waals surface area contributed by atoms with E-state index in [1.165, 1.54) is 21.6 Å². The van der Waals surface area contributed by atoms with Gasteiger partial charge in [-0.05, 0) is 43.7 Å². The van der Waals surface area contributed by atoms with Gasteiger partial charge in [0.05, 0.1) is 0 Å². The van der Waals surface area contributed by atoms with Crippen molar-refractivity contribution in [3.05, 3.63) is 40.5 Å². The molecular weight excluding hydrogens is 204 g/mol. The zero-order valence-corrected chi connectivity index (χ0v) is 10.1. The van der Waals surface area contributed by atoms with Gasteiger partial charge in [0, 0.05) is 10.5 Å². The Labute approximate surface area is 94.6 Å². The molecule has 78 valence electrons. The van der Waals surface area contributed by atoms with Gasteiger partial charge in [-0.2, -0.15) is 0 Å². The van der Waals surface area contributed by atoms with E-state index in [-0.39, 0.29) is 5.78 Å². The minimum absolute atomic E-state index is 0.141. The van der Waals surface area contributed by atoms with E-state index in [1.54, 1.807) is 18.7 Å². The molecule has 0 radical (unpaired) electrons. The molecule has 1 nitrogen and oxygen atoms in total. The molecule has 0 atom stereocenters. The molecule has 0 bridgehead atoms. The van der Waals surface area contributed by atoms with Crippen LogP contribution in [0.25, 0.3) is 4.91 Å². The lowest BCUT2D eigenvalue weighted by atomic mass is 10.0. The molecule has 0 aromatic heterocycles. The zero-order chi connectivity index (χ0) is 11.0. The Hall–Kier alpha value is -1.02. The minimum Gasteiger partial charge on any atom is -0.295 e. The normalized spacial score (nSPS) is 14.3. The molecule has 0 fully saturated rings. The van der Waals surface area contributed by atoms with Crippen LogP contribution in [0.4, 0.5) is 0 Å². The van der Waals surface area contributed by atoms with E-state index < -0.39 is 0 Å². The van der Waals surface area contributed by atoms with Crippen molar-refractivity contribution in [2.24, 2.45) is 0 Å². The first-order chi connectivity index (χ1) is 7.13. The van der Waals surface area contributed by atoms with Crippen molar-refractivity contribution in [2.75, 3.05) is 6.26 Å². The molecule has 1 aliphatic rings. The second-order valence-electron chi connectivity index (χ2n) is 3.92. The molecule has 1 aromatic carbocycles. The van der Waals surface area contributed by atoms with Gasteiger partial charge in [0.1, 0.15) is 0 Å². The maximum Gasteiger partial charge on any atom is 0.159 e. The number of carbonyl (C=O) groups excluding carboxylic acids is 1. The largest absolute Gasteiger partial charge is 0.295 e. The summed E-state index contributed by atoms with van der Waals surface area (Å²) in [6.45, 7) is 3.78. The number of ketones is 1. The van der Waals surface area contributed by atoms with Gasteiger partial charge in [0.15, 0.2) is 5.78 Å². The topological polar surface area (TPSA) is 17.1 Å². The third-order valence-corrected chi connectivity index (χ3v) is 3.79. The highest BCUT2D eigenvalue weighted by atomic mass is 32.2. The Morgan fingerprint density at radius 1 is 1.40 bits per heavy atom. The van der Waals surface area contributed by atoms with Crippen LogP contribution in [0.2, 0.25) is 0 Å². The molecule has 2 heteroatoms.